The summed E-state index contributed by atoms with van der Waals surface area (Å²) in [6, 6.07) is 9.68. The minimum absolute atomic E-state index is 0.162. The van der Waals surface area contributed by atoms with Crippen LogP contribution in [0.25, 0.3) is 6.08 Å². The van der Waals surface area contributed by atoms with Crippen LogP contribution in [0, 0.1) is 5.92 Å². The number of hydrogen-bond donors (Lipinski definition) is 0. The van der Waals surface area contributed by atoms with E-state index in [2.05, 4.69) is 9.47 Å². The van der Waals surface area contributed by atoms with Crippen molar-refractivity contribution in [3.63, 3.8) is 0 Å². The van der Waals surface area contributed by atoms with Crippen molar-refractivity contribution in [2.75, 3.05) is 14.2 Å². The van der Waals surface area contributed by atoms with Gasteiger partial charge in [-0.25, -0.2) is 0 Å². The molecule has 0 aliphatic heterocycles. The zero-order valence-corrected chi connectivity index (χ0v) is 11.2. The Morgan fingerprint density at radius 2 is 1.58 bits per heavy atom. The molecule has 0 aliphatic carbocycles. The van der Waals surface area contributed by atoms with Crippen LogP contribution < -0.4 is 0 Å². The molecule has 0 radical (unpaired) electrons. The fourth-order valence-corrected chi connectivity index (χ4v) is 1.61. The molecule has 0 spiro atoms. The van der Waals surface area contributed by atoms with Gasteiger partial charge in [0, 0.05) is 0 Å². The van der Waals surface area contributed by atoms with Gasteiger partial charge < -0.3 is 9.47 Å². The molecule has 0 heterocycles. The molecule has 0 fully saturated rings. The molecule has 4 heteroatoms. The van der Waals surface area contributed by atoms with Crippen molar-refractivity contribution in [2.24, 2.45) is 5.92 Å². The smallest absolute Gasteiger partial charge is 0.306 e. The lowest BCUT2D eigenvalue weighted by molar-refractivity contribution is -0.143. The maximum atomic E-state index is 11.3. The quantitative estimate of drug-likeness (QED) is 0.739. The van der Waals surface area contributed by atoms with Gasteiger partial charge in [-0.05, 0) is 11.5 Å². The average Bonchev–Trinajstić information content (AvgIpc) is 2.45. The lowest BCUT2D eigenvalue weighted by Crippen LogP contribution is -2.13. The minimum atomic E-state index is -0.341. The highest BCUT2D eigenvalue weighted by Crippen LogP contribution is 2.15. The molecule has 1 aromatic carbocycles. The summed E-state index contributed by atoms with van der Waals surface area (Å²) in [7, 11) is 2.66. The molecule has 0 aliphatic rings. The van der Waals surface area contributed by atoms with Crippen molar-refractivity contribution in [1.82, 2.24) is 0 Å². The molecule has 0 N–H and O–H groups in total. The van der Waals surface area contributed by atoms with Crippen LogP contribution in [-0.2, 0) is 19.1 Å². The predicted molar refractivity (Wildman–Crippen MR) is 72.2 cm³/mol. The second-order valence-electron chi connectivity index (χ2n) is 4.09. The molecular weight excluding hydrogens is 244 g/mol. The molecule has 0 atom stereocenters. The first-order chi connectivity index (χ1) is 9.15. The third kappa shape index (κ3) is 5.86. The monoisotopic (exact) mass is 262 g/mol. The zero-order chi connectivity index (χ0) is 14.1. The van der Waals surface area contributed by atoms with E-state index in [0.29, 0.717) is 0 Å². The summed E-state index contributed by atoms with van der Waals surface area (Å²) in [5.41, 5.74) is 1.02. The Bertz CT molecular complexity index is 419. The number of hydrogen-bond acceptors (Lipinski definition) is 4. The summed E-state index contributed by atoms with van der Waals surface area (Å²) in [5, 5.41) is 0. The molecule has 0 saturated carbocycles. The van der Waals surface area contributed by atoms with Crippen LogP contribution in [0.1, 0.15) is 18.4 Å². The predicted octanol–water partition coefficient (Wildman–Crippen LogP) is 2.44. The normalized spacial score (nSPS) is 10.7. The number of methoxy groups -OCH3 is 2. The third-order valence-corrected chi connectivity index (χ3v) is 2.67. The highest BCUT2D eigenvalue weighted by Gasteiger charge is 2.15. The largest absolute Gasteiger partial charge is 0.469 e. The Labute approximate surface area is 113 Å². The van der Waals surface area contributed by atoms with Gasteiger partial charge in [0.15, 0.2) is 0 Å². The van der Waals surface area contributed by atoms with Crippen LogP contribution in [0.5, 0.6) is 0 Å². The molecule has 0 aromatic heterocycles. The number of carbonyl (C=O) groups is 2. The van der Waals surface area contributed by atoms with Crippen molar-refractivity contribution in [3.8, 4) is 0 Å². The van der Waals surface area contributed by atoms with E-state index in [-0.39, 0.29) is 30.7 Å². The standard InChI is InChI=1S/C15H18O4/c1-18-14(16)10-13(11-15(17)19-2)9-8-12-6-4-3-5-7-12/h3-9,13H,10-11H2,1-2H3/b9-8+. The minimum Gasteiger partial charge on any atom is -0.469 e. The first-order valence-electron chi connectivity index (χ1n) is 6.02. The Morgan fingerprint density at radius 1 is 1.05 bits per heavy atom. The highest BCUT2D eigenvalue weighted by molar-refractivity contribution is 5.74. The molecule has 1 aromatic rings. The fourth-order valence-electron chi connectivity index (χ4n) is 1.61. The van der Waals surface area contributed by atoms with Gasteiger partial charge in [0.25, 0.3) is 0 Å². The van der Waals surface area contributed by atoms with Gasteiger partial charge in [-0.2, -0.15) is 0 Å². The second kappa shape index (κ2) is 8.08. The van der Waals surface area contributed by atoms with Gasteiger partial charge in [-0.3, -0.25) is 9.59 Å². The summed E-state index contributed by atoms with van der Waals surface area (Å²) in [6.07, 6.45) is 4.05. The first kappa shape index (κ1) is 15.0. The zero-order valence-electron chi connectivity index (χ0n) is 11.2. The van der Waals surface area contributed by atoms with Crippen LogP contribution in [-0.4, -0.2) is 26.2 Å². The Hall–Kier alpha value is -2.10. The second-order valence-corrected chi connectivity index (χ2v) is 4.09. The number of carbonyl (C=O) groups excluding carboxylic acids is 2. The molecule has 0 amide bonds. The van der Waals surface area contributed by atoms with Gasteiger partial charge in [-0.15, -0.1) is 0 Å². The fraction of sp³-hybridized carbons (Fsp3) is 0.333. The third-order valence-electron chi connectivity index (χ3n) is 2.67. The van der Waals surface area contributed by atoms with E-state index in [9.17, 15) is 9.59 Å². The highest BCUT2D eigenvalue weighted by atomic mass is 16.5. The van der Waals surface area contributed by atoms with E-state index in [1.807, 2.05) is 42.5 Å². The van der Waals surface area contributed by atoms with E-state index >= 15 is 0 Å². The number of allylic oxidation sites excluding steroid dienone is 1. The lowest BCUT2D eigenvalue weighted by atomic mass is 10.00. The Morgan fingerprint density at radius 3 is 2.05 bits per heavy atom. The summed E-state index contributed by atoms with van der Waals surface area (Å²) < 4.78 is 9.25. The summed E-state index contributed by atoms with van der Waals surface area (Å²) in [5.74, 6) is -0.904. The number of benzene rings is 1. The molecular formula is C15H18O4. The molecule has 1 rings (SSSR count). The van der Waals surface area contributed by atoms with Crippen LogP contribution in [0.3, 0.4) is 0 Å². The van der Waals surface area contributed by atoms with Crippen LogP contribution in [0.2, 0.25) is 0 Å². The van der Waals surface area contributed by atoms with E-state index in [4.69, 9.17) is 0 Å². The van der Waals surface area contributed by atoms with Gasteiger partial charge in [0.2, 0.25) is 0 Å². The molecule has 0 unspecified atom stereocenters. The first-order valence-corrected chi connectivity index (χ1v) is 6.02. The van der Waals surface area contributed by atoms with Crippen LogP contribution in [0.15, 0.2) is 36.4 Å². The van der Waals surface area contributed by atoms with Crippen LogP contribution >= 0.6 is 0 Å². The van der Waals surface area contributed by atoms with Gasteiger partial charge in [-0.1, -0.05) is 42.5 Å². The molecule has 0 saturated heterocycles. The molecule has 102 valence electrons. The van der Waals surface area contributed by atoms with Gasteiger partial charge in [0.1, 0.15) is 0 Å². The Balaban J connectivity index is 2.70. The molecule has 0 bridgehead atoms. The van der Waals surface area contributed by atoms with Crippen molar-refractivity contribution in [2.45, 2.75) is 12.8 Å². The number of esters is 2. The number of rotatable bonds is 6. The van der Waals surface area contributed by atoms with E-state index < -0.39 is 0 Å². The van der Waals surface area contributed by atoms with E-state index in [0.717, 1.165) is 5.56 Å². The van der Waals surface area contributed by atoms with E-state index in [1.54, 1.807) is 0 Å². The van der Waals surface area contributed by atoms with Crippen molar-refractivity contribution in [1.29, 1.82) is 0 Å². The molecule has 4 nitrogen and oxygen atoms in total. The van der Waals surface area contributed by atoms with E-state index in [1.165, 1.54) is 14.2 Å². The SMILES string of the molecule is COC(=O)CC(/C=C/c1ccccc1)CC(=O)OC. The average molecular weight is 262 g/mol. The van der Waals surface area contributed by atoms with Gasteiger partial charge >= 0.3 is 11.9 Å². The summed E-state index contributed by atoms with van der Waals surface area (Å²) in [6.45, 7) is 0. The summed E-state index contributed by atoms with van der Waals surface area (Å²) >= 11 is 0. The van der Waals surface area contributed by atoms with Crippen LogP contribution in [0.4, 0.5) is 0 Å². The van der Waals surface area contributed by atoms with Crippen molar-refractivity contribution >= 4 is 18.0 Å². The Kier molecular flexibility index (Phi) is 6.36. The summed E-state index contributed by atoms with van der Waals surface area (Å²) in [4.78, 5) is 22.6. The topological polar surface area (TPSA) is 52.6 Å². The van der Waals surface area contributed by atoms with Gasteiger partial charge in [0.05, 0.1) is 27.1 Å². The molecule has 19 heavy (non-hydrogen) atoms. The lowest BCUT2D eigenvalue weighted by Gasteiger charge is -2.09. The number of ether oxygens (including phenoxy) is 2. The maximum absolute atomic E-state index is 11.3. The maximum Gasteiger partial charge on any atom is 0.306 e. The van der Waals surface area contributed by atoms with Crippen molar-refractivity contribution in [3.05, 3.63) is 42.0 Å². The van der Waals surface area contributed by atoms with Crippen molar-refractivity contribution < 1.29 is 19.1 Å².